The Bertz CT molecular complexity index is 4180. The van der Waals surface area contributed by atoms with Crippen molar-refractivity contribution in [3.8, 4) is 77.9 Å². The van der Waals surface area contributed by atoms with Crippen molar-refractivity contribution in [2.45, 2.75) is 301 Å². The van der Waals surface area contributed by atoms with Gasteiger partial charge in [0, 0.05) is 22.3 Å². The molecule has 0 N–H and O–H groups in total. The zero-order valence-corrected chi connectivity index (χ0v) is 70.5. The summed E-state index contributed by atoms with van der Waals surface area (Å²) in [7, 11) is 0. The van der Waals surface area contributed by atoms with Crippen LogP contribution in [0.3, 0.4) is 0 Å². The van der Waals surface area contributed by atoms with E-state index in [1.54, 1.807) is 0 Å². The average molecular weight is 1400 g/mol. The number of rotatable bonds is 18. The molecular weight excluding hydrogens is 1260 g/mol. The van der Waals surface area contributed by atoms with Crippen LogP contribution in [0.4, 0.5) is 0 Å². The second-order valence-corrected chi connectivity index (χ2v) is 40.7. The first kappa shape index (κ1) is 78.7. The molecule has 0 fully saturated rings. The Balaban J connectivity index is 1.33. The van der Waals surface area contributed by atoms with Gasteiger partial charge in [-0.2, -0.15) is 0 Å². The standard InChI is InChI=1S/C104H134N/c1-27-29-31-33-39-45-105(46-40-34-32-30-28-2)67-93-91(79-49-71(75-53-81(97(3,4)5)63-82(54-75)98(6,7)8)47-72(50-79)76-55-83(99(9,10)11)64-84(56-76)100(12,13)14)61-69-41-35-37-43-89(69)95(93)96-90-44-38-36-42-70(90)62-92(94(96)68-105)80-51-73(77-57-85(101(15,16)17)65-86(58-77)102(18,19)20)48-74(52-80)78-59-87(103(21,22)23)66-88(60-78)104(24,25)26/h35-38,41-44,47-66H,27-34,39-40,45-46,67-68H2,1-26H3/q+1. The van der Waals surface area contributed by atoms with E-state index >= 15 is 0 Å². The monoisotopic (exact) mass is 1400 g/mol. The van der Waals surface area contributed by atoms with Crippen molar-refractivity contribution in [2.24, 2.45) is 0 Å². The van der Waals surface area contributed by atoms with E-state index in [4.69, 9.17) is 0 Å². The van der Waals surface area contributed by atoms with Crippen LogP contribution in [0, 0.1) is 0 Å². The summed E-state index contributed by atoms with van der Waals surface area (Å²) in [6.45, 7) is 66.2. The number of benzene rings is 10. The molecule has 0 saturated carbocycles. The fourth-order valence-corrected chi connectivity index (χ4v) is 16.3. The lowest BCUT2D eigenvalue weighted by molar-refractivity contribution is -0.953. The summed E-state index contributed by atoms with van der Waals surface area (Å²) in [4.78, 5) is 0. The molecule has 0 amide bonds. The van der Waals surface area contributed by atoms with Crippen molar-refractivity contribution in [2.75, 3.05) is 13.1 Å². The van der Waals surface area contributed by atoms with Crippen molar-refractivity contribution in [3.63, 3.8) is 0 Å². The molecule has 1 heterocycles. The van der Waals surface area contributed by atoms with Gasteiger partial charge in [0.15, 0.2) is 0 Å². The number of hydrogen-bond acceptors (Lipinski definition) is 0. The van der Waals surface area contributed by atoms with Gasteiger partial charge in [-0.3, -0.25) is 0 Å². The largest absolute Gasteiger partial charge is 0.316 e. The highest BCUT2D eigenvalue weighted by Gasteiger charge is 2.39. The molecule has 0 bridgehead atoms. The molecule has 105 heavy (non-hydrogen) atoms. The number of unbranched alkanes of at least 4 members (excludes halogenated alkanes) is 8. The average Bonchev–Trinajstić information content (AvgIpc) is 1.65. The molecule has 11 rings (SSSR count). The van der Waals surface area contributed by atoms with Crippen molar-refractivity contribution in [3.05, 3.63) is 225 Å². The number of hydrogen-bond donors (Lipinski definition) is 0. The van der Waals surface area contributed by atoms with Crippen LogP contribution in [-0.2, 0) is 56.4 Å². The Hall–Kier alpha value is -7.32. The molecule has 10 aromatic rings. The minimum Gasteiger partial charge on any atom is -0.316 e. The lowest BCUT2D eigenvalue weighted by Crippen LogP contribution is -2.47. The zero-order chi connectivity index (χ0) is 76.4. The van der Waals surface area contributed by atoms with Crippen molar-refractivity contribution < 1.29 is 4.48 Å². The topological polar surface area (TPSA) is 0 Å². The molecule has 0 atom stereocenters. The van der Waals surface area contributed by atoms with Crippen LogP contribution in [0.15, 0.2) is 170 Å². The van der Waals surface area contributed by atoms with Crippen LogP contribution < -0.4 is 0 Å². The Labute approximate surface area is 639 Å². The normalized spacial score (nSPS) is 14.1. The van der Waals surface area contributed by atoms with E-state index in [-0.39, 0.29) is 43.3 Å². The lowest BCUT2D eigenvalue weighted by Gasteiger charge is -2.39. The molecule has 1 aliphatic rings. The van der Waals surface area contributed by atoms with Gasteiger partial charge >= 0.3 is 0 Å². The maximum absolute atomic E-state index is 2.65. The smallest absolute Gasteiger partial charge is 0.106 e. The van der Waals surface area contributed by atoms with Gasteiger partial charge in [-0.15, -0.1) is 0 Å². The first-order chi connectivity index (χ1) is 48.9. The summed E-state index contributed by atoms with van der Waals surface area (Å²) in [5, 5.41) is 5.27. The molecule has 0 aliphatic carbocycles. The van der Waals surface area contributed by atoms with Crippen LogP contribution in [0.1, 0.15) is 300 Å². The van der Waals surface area contributed by atoms with Gasteiger partial charge in [-0.25, -0.2) is 0 Å². The van der Waals surface area contributed by atoms with Gasteiger partial charge in [0.1, 0.15) is 13.1 Å². The van der Waals surface area contributed by atoms with Gasteiger partial charge < -0.3 is 4.48 Å². The maximum atomic E-state index is 2.65. The van der Waals surface area contributed by atoms with Gasteiger partial charge in [0.2, 0.25) is 0 Å². The predicted octanol–water partition coefficient (Wildman–Crippen LogP) is 30.8. The van der Waals surface area contributed by atoms with Crippen LogP contribution in [0.5, 0.6) is 0 Å². The van der Waals surface area contributed by atoms with Crippen molar-refractivity contribution in [1.82, 2.24) is 0 Å². The summed E-state index contributed by atoms with van der Waals surface area (Å²) in [6, 6.07) is 70.2. The number of quaternary nitrogens is 1. The van der Waals surface area contributed by atoms with Gasteiger partial charge in [0.25, 0.3) is 0 Å². The molecule has 1 heteroatoms. The van der Waals surface area contributed by atoms with E-state index in [1.165, 1.54) is 219 Å². The van der Waals surface area contributed by atoms with E-state index in [9.17, 15) is 0 Å². The number of fused-ring (bicyclic) bond motifs is 7. The maximum Gasteiger partial charge on any atom is 0.106 e. The third-order valence-electron chi connectivity index (χ3n) is 23.5. The fourth-order valence-electron chi connectivity index (χ4n) is 16.3. The van der Waals surface area contributed by atoms with Crippen molar-refractivity contribution >= 4 is 21.5 Å². The summed E-state index contributed by atoms with van der Waals surface area (Å²) >= 11 is 0. The van der Waals surface area contributed by atoms with E-state index in [0.29, 0.717) is 0 Å². The van der Waals surface area contributed by atoms with E-state index in [2.05, 4.69) is 350 Å². The molecule has 0 radical (unpaired) electrons. The van der Waals surface area contributed by atoms with Crippen LogP contribution in [0.25, 0.3) is 99.4 Å². The molecule has 0 unspecified atom stereocenters. The second-order valence-electron chi connectivity index (χ2n) is 40.7. The van der Waals surface area contributed by atoms with E-state index in [1.807, 2.05) is 0 Å². The van der Waals surface area contributed by atoms with Gasteiger partial charge in [0.05, 0.1) is 13.1 Å². The second kappa shape index (κ2) is 29.7. The first-order valence-corrected chi connectivity index (χ1v) is 40.8. The fraction of sp³-hybridized carbons (Fsp3) is 0.462. The van der Waals surface area contributed by atoms with Crippen LogP contribution in [0.2, 0.25) is 0 Å². The zero-order valence-electron chi connectivity index (χ0n) is 70.5. The molecule has 1 nitrogen and oxygen atoms in total. The minimum atomic E-state index is -0.0543. The number of nitrogens with zero attached hydrogens (tertiary/aromatic N) is 1. The summed E-state index contributed by atoms with van der Waals surface area (Å²) in [5.74, 6) is 0. The Morgan fingerprint density at radius 3 is 0.695 bits per heavy atom. The van der Waals surface area contributed by atoms with E-state index < -0.39 is 0 Å². The summed E-state index contributed by atoms with van der Waals surface area (Å²) in [5.41, 5.74) is 32.0. The minimum absolute atomic E-state index is 0.0543. The SMILES string of the molecule is CCCCCCC[N+]1(CCCCCCC)Cc2c(-c3cc(-c4cc(C(C)(C)C)cc(C(C)(C)C)c4)cc(-c4cc(C(C)(C)C)cc(C(C)(C)C)c4)c3)cc3ccccc3c2-c2c(c(-c3cc(-c4cc(C(C)(C)C)cc(C(C)(C)C)c4)cc(-c4cc(C(C)(C)C)cc(C(C)(C)C)c4)c3)cc3ccccc23)C1. The van der Waals surface area contributed by atoms with E-state index in [0.717, 1.165) is 30.7 Å². The predicted molar refractivity (Wildman–Crippen MR) is 464 cm³/mol. The lowest BCUT2D eigenvalue weighted by atomic mass is 9.77. The third kappa shape index (κ3) is 17.8. The highest BCUT2D eigenvalue weighted by molar-refractivity contribution is 6.12. The highest BCUT2D eigenvalue weighted by Crippen LogP contribution is 2.53. The highest BCUT2D eigenvalue weighted by atomic mass is 15.4. The molecule has 0 spiro atoms. The van der Waals surface area contributed by atoms with Crippen LogP contribution in [-0.4, -0.2) is 17.6 Å². The quantitative estimate of drug-likeness (QED) is 0.0593. The molecule has 0 saturated heterocycles. The third-order valence-corrected chi connectivity index (χ3v) is 23.5. The molecule has 554 valence electrons. The molecule has 10 aromatic carbocycles. The Morgan fingerprint density at radius 1 is 0.238 bits per heavy atom. The Kier molecular flexibility index (Phi) is 22.3. The molecular formula is C104H134N+. The summed E-state index contributed by atoms with van der Waals surface area (Å²) < 4.78 is 1.00. The molecule has 1 aliphatic heterocycles. The summed E-state index contributed by atoms with van der Waals surface area (Å²) in [6.07, 6.45) is 12.5. The van der Waals surface area contributed by atoms with Crippen molar-refractivity contribution in [1.29, 1.82) is 0 Å². The van der Waals surface area contributed by atoms with Gasteiger partial charge in [-0.1, -0.05) is 340 Å². The Morgan fingerprint density at radius 2 is 0.457 bits per heavy atom. The first-order valence-electron chi connectivity index (χ1n) is 40.8. The van der Waals surface area contributed by atoms with Crippen LogP contribution >= 0.6 is 0 Å². The van der Waals surface area contributed by atoms with Gasteiger partial charge in [-0.05, 0) is 250 Å². The molecule has 0 aromatic heterocycles.